The lowest BCUT2D eigenvalue weighted by Crippen LogP contribution is -2.21. The molecule has 1 aromatic carbocycles. The highest BCUT2D eigenvalue weighted by molar-refractivity contribution is 5.22. The van der Waals surface area contributed by atoms with Gasteiger partial charge in [0.05, 0.1) is 0 Å². The summed E-state index contributed by atoms with van der Waals surface area (Å²) in [5, 5.41) is 0. The fraction of sp³-hybridized carbons (Fsp3) is 0.600. The number of hydrogen-bond acceptors (Lipinski definition) is 2. The predicted molar refractivity (Wildman–Crippen MR) is 73.2 cm³/mol. The summed E-state index contributed by atoms with van der Waals surface area (Å²) in [4.78, 5) is 2.57. The van der Waals surface area contributed by atoms with E-state index in [1.807, 2.05) is 0 Å². The van der Waals surface area contributed by atoms with E-state index < -0.39 is 0 Å². The Morgan fingerprint density at radius 3 is 2.12 bits per heavy atom. The van der Waals surface area contributed by atoms with Gasteiger partial charge in [0, 0.05) is 6.54 Å². The molecule has 0 aromatic heterocycles. The molecule has 0 amide bonds. The molecule has 0 atom stereocenters. The molecule has 0 saturated carbocycles. The Hall–Kier alpha value is -0.860. The summed E-state index contributed by atoms with van der Waals surface area (Å²) in [6, 6.07) is 9.08. The summed E-state index contributed by atoms with van der Waals surface area (Å²) in [6.45, 7) is 4.61. The van der Waals surface area contributed by atoms with Crippen LogP contribution in [-0.4, -0.2) is 31.1 Å². The summed E-state index contributed by atoms with van der Waals surface area (Å²) < 4.78 is 0. The highest BCUT2D eigenvalue weighted by Crippen LogP contribution is 2.11. The van der Waals surface area contributed by atoms with Gasteiger partial charge in [0.25, 0.3) is 0 Å². The van der Waals surface area contributed by atoms with Crippen molar-refractivity contribution in [2.24, 2.45) is 5.73 Å². The molecule has 2 heteroatoms. The van der Waals surface area contributed by atoms with E-state index in [9.17, 15) is 0 Å². The first kappa shape index (κ1) is 12.6. The first-order valence-corrected chi connectivity index (χ1v) is 6.89. The number of hydrogen-bond donors (Lipinski definition) is 1. The minimum absolute atomic E-state index is 0.788. The molecule has 2 rings (SSSR count). The van der Waals surface area contributed by atoms with Crippen LogP contribution in [0.15, 0.2) is 24.3 Å². The number of rotatable bonds is 6. The molecule has 2 N–H and O–H groups in total. The van der Waals surface area contributed by atoms with Crippen molar-refractivity contribution in [1.82, 2.24) is 4.90 Å². The van der Waals surface area contributed by atoms with Gasteiger partial charge in [0.15, 0.2) is 0 Å². The van der Waals surface area contributed by atoms with Gasteiger partial charge < -0.3 is 10.6 Å². The van der Waals surface area contributed by atoms with E-state index in [0.717, 1.165) is 19.4 Å². The standard InChI is InChI=1S/C15H24N2/c16-10-3-4-14-5-7-15(8-6-14)9-13-17-11-1-2-12-17/h5-8H,1-4,9-13,16H2. The molecule has 1 fully saturated rings. The van der Waals surface area contributed by atoms with E-state index >= 15 is 0 Å². The zero-order valence-electron chi connectivity index (χ0n) is 10.7. The van der Waals surface area contributed by atoms with Crippen LogP contribution in [0.1, 0.15) is 30.4 Å². The molecule has 0 spiro atoms. The largest absolute Gasteiger partial charge is 0.330 e. The van der Waals surface area contributed by atoms with E-state index in [2.05, 4.69) is 29.2 Å². The van der Waals surface area contributed by atoms with E-state index in [1.165, 1.54) is 50.0 Å². The second-order valence-electron chi connectivity index (χ2n) is 5.01. The Labute approximate surface area is 105 Å². The molecule has 0 unspecified atom stereocenters. The Bertz CT molecular complexity index is 312. The summed E-state index contributed by atoms with van der Waals surface area (Å²) in [6.07, 6.45) is 6.17. The van der Waals surface area contributed by atoms with Gasteiger partial charge >= 0.3 is 0 Å². The lowest BCUT2D eigenvalue weighted by Gasteiger charge is -2.14. The smallest absolute Gasteiger partial charge is 0.00218 e. The van der Waals surface area contributed by atoms with Crippen molar-refractivity contribution in [3.05, 3.63) is 35.4 Å². The van der Waals surface area contributed by atoms with E-state index in [0.29, 0.717) is 0 Å². The van der Waals surface area contributed by atoms with Gasteiger partial charge in [0.1, 0.15) is 0 Å². The summed E-state index contributed by atoms with van der Waals surface area (Å²) in [5.74, 6) is 0. The highest BCUT2D eigenvalue weighted by Gasteiger charge is 2.10. The van der Waals surface area contributed by atoms with Gasteiger partial charge in [-0.1, -0.05) is 24.3 Å². The van der Waals surface area contributed by atoms with Crippen LogP contribution >= 0.6 is 0 Å². The van der Waals surface area contributed by atoms with Crippen LogP contribution in [0, 0.1) is 0 Å². The summed E-state index contributed by atoms with van der Waals surface area (Å²) in [5.41, 5.74) is 8.40. The van der Waals surface area contributed by atoms with Crippen LogP contribution in [0.4, 0.5) is 0 Å². The normalized spacial score (nSPS) is 16.5. The van der Waals surface area contributed by atoms with Crippen molar-refractivity contribution >= 4 is 0 Å². The Morgan fingerprint density at radius 1 is 0.941 bits per heavy atom. The molecule has 1 aliphatic heterocycles. The molecule has 17 heavy (non-hydrogen) atoms. The predicted octanol–water partition coefficient (Wildman–Crippen LogP) is 2.22. The van der Waals surface area contributed by atoms with Gasteiger partial charge in [-0.3, -0.25) is 0 Å². The average Bonchev–Trinajstić information content (AvgIpc) is 2.88. The highest BCUT2D eigenvalue weighted by atomic mass is 15.1. The number of likely N-dealkylation sites (tertiary alicyclic amines) is 1. The average molecular weight is 232 g/mol. The number of nitrogens with two attached hydrogens (primary N) is 1. The van der Waals surface area contributed by atoms with Gasteiger partial charge in [0.2, 0.25) is 0 Å². The van der Waals surface area contributed by atoms with Crippen LogP contribution in [0.2, 0.25) is 0 Å². The van der Waals surface area contributed by atoms with E-state index in [-0.39, 0.29) is 0 Å². The third kappa shape index (κ3) is 4.14. The monoisotopic (exact) mass is 232 g/mol. The summed E-state index contributed by atoms with van der Waals surface area (Å²) in [7, 11) is 0. The van der Waals surface area contributed by atoms with Crippen LogP contribution in [0.3, 0.4) is 0 Å². The van der Waals surface area contributed by atoms with Crippen molar-refractivity contribution in [3.8, 4) is 0 Å². The number of nitrogens with zero attached hydrogens (tertiary/aromatic N) is 1. The molecule has 94 valence electrons. The maximum absolute atomic E-state index is 5.52. The third-order valence-electron chi connectivity index (χ3n) is 3.61. The molecule has 1 aromatic rings. The molecule has 0 aliphatic carbocycles. The lowest BCUT2D eigenvalue weighted by molar-refractivity contribution is 0.343. The van der Waals surface area contributed by atoms with Gasteiger partial charge in [-0.25, -0.2) is 0 Å². The Morgan fingerprint density at radius 2 is 1.53 bits per heavy atom. The fourth-order valence-electron chi connectivity index (χ4n) is 2.47. The van der Waals surface area contributed by atoms with Crippen molar-refractivity contribution in [3.63, 3.8) is 0 Å². The molecule has 2 nitrogen and oxygen atoms in total. The zero-order valence-corrected chi connectivity index (χ0v) is 10.7. The molecule has 0 bridgehead atoms. The van der Waals surface area contributed by atoms with Crippen LogP contribution in [0.5, 0.6) is 0 Å². The Balaban J connectivity index is 1.76. The molecular weight excluding hydrogens is 208 g/mol. The Kier molecular flexibility index (Phi) is 5.02. The van der Waals surface area contributed by atoms with Crippen molar-refractivity contribution in [2.75, 3.05) is 26.2 Å². The van der Waals surface area contributed by atoms with Crippen molar-refractivity contribution in [1.29, 1.82) is 0 Å². The maximum Gasteiger partial charge on any atom is 0.00218 e. The first-order chi connectivity index (χ1) is 8.38. The number of benzene rings is 1. The molecule has 1 saturated heterocycles. The van der Waals surface area contributed by atoms with Crippen molar-refractivity contribution < 1.29 is 0 Å². The number of aryl methyl sites for hydroxylation is 1. The maximum atomic E-state index is 5.52. The van der Waals surface area contributed by atoms with Crippen molar-refractivity contribution in [2.45, 2.75) is 32.1 Å². The quantitative estimate of drug-likeness (QED) is 0.815. The third-order valence-corrected chi connectivity index (χ3v) is 3.61. The minimum Gasteiger partial charge on any atom is -0.330 e. The van der Waals surface area contributed by atoms with Crippen LogP contribution in [-0.2, 0) is 12.8 Å². The summed E-state index contributed by atoms with van der Waals surface area (Å²) >= 11 is 0. The second-order valence-corrected chi connectivity index (χ2v) is 5.01. The first-order valence-electron chi connectivity index (χ1n) is 6.89. The SMILES string of the molecule is NCCCc1ccc(CCN2CCCC2)cc1. The van der Waals surface area contributed by atoms with E-state index in [4.69, 9.17) is 5.73 Å². The minimum atomic E-state index is 0.788. The van der Waals surface area contributed by atoms with Crippen LogP contribution in [0.25, 0.3) is 0 Å². The van der Waals surface area contributed by atoms with Crippen LogP contribution < -0.4 is 5.73 Å². The molecular formula is C15H24N2. The fourth-order valence-corrected chi connectivity index (χ4v) is 2.47. The molecule has 1 aliphatic rings. The van der Waals surface area contributed by atoms with E-state index in [1.54, 1.807) is 0 Å². The zero-order chi connectivity index (χ0) is 11.9. The molecule has 1 heterocycles. The van der Waals surface area contributed by atoms with Gasteiger partial charge in [-0.2, -0.15) is 0 Å². The topological polar surface area (TPSA) is 29.3 Å². The lowest BCUT2D eigenvalue weighted by atomic mass is 10.1. The molecule has 0 radical (unpaired) electrons. The van der Waals surface area contributed by atoms with Gasteiger partial charge in [-0.15, -0.1) is 0 Å². The second kappa shape index (κ2) is 6.77. The van der Waals surface area contributed by atoms with Gasteiger partial charge in [-0.05, 0) is 62.9 Å².